The van der Waals surface area contributed by atoms with E-state index in [4.69, 9.17) is 9.47 Å². The van der Waals surface area contributed by atoms with E-state index in [0.717, 1.165) is 24.1 Å². The second kappa shape index (κ2) is 8.42. The van der Waals surface area contributed by atoms with Crippen molar-refractivity contribution < 1.29 is 14.3 Å². The molecular formula is C22H27N3O3. The molecule has 1 aliphatic rings. The number of hydrogen-bond acceptors (Lipinski definition) is 5. The summed E-state index contributed by atoms with van der Waals surface area (Å²) in [5, 5.41) is 6.26. The highest BCUT2D eigenvalue weighted by Gasteiger charge is 2.39. The lowest BCUT2D eigenvalue weighted by Crippen LogP contribution is -2.40. The van der Waals surface area contributed by atoms with E-state index >= 15 is 0 Å². The van der Waals surface area contributed by atoms with Gasteiger partial charge in [0.15, 0.2) is 0 Å². The molecule has 0 N–H and O–H groups in total. The Balaban J connectivity index is 1.72. The smallest absolute Gasteiger partial charge is 0.243 e. The summed E-state index contributed by atoms with van der Waals surface area (Å²) in [4.78, 5) is 17.2. The van der Waals surface area contributed by atoms with E-state index in [2.05, 4.69) is 22.2 Å². The van der Waals surface area contributed by atoms with Crippen LogP contribution in [-0.2, 0) is 11.2 Å². The van der Waals surface area contributed by atoms with Crippen molar-refractivity contribution in [1.29, 1.82) is 0 Å². The number of hydrazone groups is 1. The van der Waals surface area contributed by atoms with Gasteiger partial charge in [-0.15, -0.1) is 0 Å². The highest BCUT2D eigenvalue weighted by atomic mass is 16.5. The van der Waals surface area contributed by atoms with Gasteiger partial charge in [0, 0.05) is 18.9 Å². The molecule has 1 aromatic carbocycles. The van der Waals surface area contributed by atoms with Crippen LogP contribution in [0.4, 0.5) is 0 Å². The third-order valence-corrected chi connectivity index (χ3v) is 4.88. The lowest BCUT2D eigenvalue weighted by Gasteiger charge is -2.28. The van der Waals surface area contributed by atoms with Crippen LogP contribution in [0, 0.1) is 0 Å². The van der Waals surface area contributed by atoms with E-state index in [1.807, 2.05) is 38.1 Å². The van der Waals surface area contributed by atoms with Gasteiger partial charge in [0.25, 0.3) is 0 Å². The lowest BCUT2D eigenvalue weighted by molar-refractivity contribution is -0.135. The molecule has 0 aliphatic carbocycles. The number of benzene rings is 1. The van der Waals surface area contributed by atoms with Gasteiger partial charge >= 0.3 is 0 Å². The van der Waals surface area contributed by atoms with E-state index in [0.29, 0.717) is 24.6 Å². The number of methoxy groups -OCH3 is 2. The predicted molar refractivity (Wildman–Crippen MR) is 109 cm³/mol. The van der Waals surface area contributed by atoms with Crippen molar-refractivity contribution in [1.82, 2.24) is 9.99 Å². The molecule has 28 heavy (non-hydrogen) atoms. The zero-order valence-corrected chi connectivity index (χ0v) is 16.9. The van der Waals surface area contributed by atoms with Crippen LogP contribution >= 0.6 is 0 Å². The Kier molecular flexibility index (Phi) is 5.97. The fourth-order valence-corrected chi connectivity index (χ4v) is 3.43. The molecule has 148 valence electrons. The molecule has 0 bridgehead atoms. The van der Waals surface area contributed by atoms with Crippen molar-refractivity contribution in [3.8, 4) is 11.8 Å². The highest BCUT2D eigenvalue weighted by molar-refractivity contribution is 6.05. The zero-order chi connectivity index (χ0) is 20.1. The van der Waals surface area contributed by atoms with Gasteiger partial charge < -0.3 is 9.47 Å². The Morgan fingerprint density at radius 1 is 1.11 bits per heavy atom. The Labute approximate surface area is 166 Å². The number of rotatable bonds is 7. The number of pyridine rings is 1. The minimum absolute atomic E-state index is 0.0383. The summed E-state index contributed by atoms with van der Waals surface area (Å²) in [7, 11) is 3.13. The largest absolute Gasteiger partial charge is 0.481 e. The average molecular weight is 381 g/mol. The van der Waals surface area contributed by atoms with Crippen LogP contribution in [0.1, 0.15) is 44.2 Å². The summed E-state index contributed by atoms with van der Waals surface area (Å²) >= 11 is 0. The quantitative estimate of drug-likeness (QED) is 0.731. The second-order valence-corrected chi connectivity index (χ2v) is 7.49. The molecule has 6 nitrogen and oxygen atoms in total. The number of hydrogen-bond donors (Lipinski definition) is 0. The first kappa shape index (κ1) is 19.9. The van der Waals surface area contributed by atoms with E-state index in [9.17, 15) is 4.79 Å². The minimum atomic E-state index is -0.385. The molecule has 0 radical (unpaired) electrons. The molecule has 3 rings (SSSR count). The maximum atomic E-state index is 12.8. The summed E-state index contributed by atoms with van der Waals surface area (Å²) in [5.41, 5.74) is 2.45. The first-order valence-electron chi connectivity index (χ1n) is 9.48. The SMILES string of the molecule is COc1ccc(C2=NN(C(=O)CCCc3ccccc3)C(C)(C)C2)c(OC)n1. The maximum Gasteiger partial charge on any atom is 0.243 e. The van der Waals surface area contributed by atoms with Crippen LogP contribution in [0.3, 0.4) is 0 Å². The van der Waals surface area contributed by atoms with Gasteiger partial charge in [-0.1, -0.05) is 30.3 Å². The molecule has 2 heterocycles. The van der Waals surface area contributed by atoms with Gasteiger partial charge in [-0.2, -0.15) is 10.1 Å². The summed E-state index contributed by atoms with van der Waals surface area (Å²) < 4.78 is 10.6. The Bertz CT molecular complexity index is 863. The Morgan fingerprint density at radius 2 is 1.86 bits per heavy atom. The highest BCUT2D eigenvalue weighted by Crippen LogP contribution is 2.33. The molecule has 0 fully saturated rings. The third-order valence-electron chi connectivity index (χ3n) is 4.88. The first-order valence-corrected chi connectivity index (χ1v) is 9.48. The topological polar surface area (TPSA) is 64.0 Å². The predicted octanol–water partition coefficient (Wildman–Crippen LogP) is 3.84. The molecule has 0 spiro atoms. The van der Waals surface area contributed by atoms with Gasteiger partial charge in [0.2, 0.25) is 17.7 Å². The van der Waals surface area contributed by atoms with Crippen LogP contribution in [0.5, 0.6) is 11.8 Å². The average Bonchev–Trinajstić information content (AvgIpc) is 3.03. The second-order valence-electron chi connectivity index (χ2n) is 7.49. The van der Waals surface area contributed by atoms with Gasteiger partial charge in [-0.05, 0) is 38.3 Å². The van der Waals surface area contributed by atoms with Crippen molar-refractivity contribution in [2.45, 2.75) is 45.1 Å². The number of ether oxygens (including phenoxy) is 2. The first-order chi connectivity index (χ1) is 13.4. The summed E-state index contributed by atoms with van der Waals surface area (Å²) in [5.74, 6) is 0.968. The normalized spacial score (nSPS) is 15.3. The Hall–Kier alpha value is -2.89. The van der Waals surface area contributed by atoms with Gasteiger partial charge in [0.05, 0.1) is 31.0 Å². The van der Waals surface area contributed by atoms with Crippen molar-refractivity contribution in [2.24, 2.45) is 5.10 Å². The number of carbonyl (C=O) groups excluding carboxylic acids is 1. The molecule has 0 saturated heterocycles. The minimum Gasteiger partial charge on any atom is -0.481 e. The molecule has 1 aromatic heterocycles. The fraction of sp³-hybridized carbons (Fsp3) is 0.409. The number of amides is 1. The zero-order valence-electron chi connectivity index (χ0n) is 16.9. The summed E-state index contributed by atoms with van der Waals surface area (Å²) in [6.45, 7) is 4.06. The lowest BCUT2D eigenvalue weighted by atomic mass is 9.95. The number of aryl methyl sites for hydroxylation is 1. The molecule has 1 aliphatic heterocycles. The molecule has 2 aromatic rings. The molecule has 1 amide bonds. The fourth-order valence-electron chi connectivity index (χ4n) is 3.43. The van der Waals surface area contributed by atoms with Gasteiger partial charge in [0.1, 0.15) is 0 Å². The van der Waals surface area contributed by atoms with Crippen LogP contribution in [-0.4, -0.2) is 41.4 Å². The molecule has 0 unspecified atom stereocenters. The Morgan fingerprint density at radius 3 is 2.54 bits per heavy atom. The van der Waals surface area contributed by atoms with E-state index in [1.165, 1.54) is 5.56 Å². The van der Waals surface area contributed by atoms with E-state index in [-0.39, 0.29) is 11.4 Å². The molecular weight excluding hydrogens is 354 g/mol. The monoisotopic (exact) mass is 381 g/mol. The number of aromatic nitrogens is 1. The van der Waals surface area contributed by atoms with Crippen LogP contribution in [0.2, 0.25) is 0 Å². The summed E-state index contributed by atoms with van der Waals surface area (Å²) in [6.07, 6.45) is 2.79. The van der Waals surface area contributed by atoms with Crippen LogP contribution < -0.4 is 9.47 Å². The van der Waals surface area contributed by atoms with Crippen molar-refractivity contribution >= 4 is 11.6 Å². The standard InChI is InChI=1S/C22H27N3O3/c1-22(2)15-18(17-13-14-19(27-3)23-21(17)28-4)24-25(22)20(26)12-8-11-16-9-6-5-7-10-16/h5-7,9-10,13-14H,8,11-12,15H2,1-4H3. The third kappa shape index (κ3) is 4.32. The van der Waals surface area contributed by atoms with Crippen molar-refractivity contribution in [3.63, 3.8) is 0 Å². The summed E-state index contributed by atoms with van der Waals surface area (Å²) in [6, 6.07) is 13.9. The van der Waals surface area contributed by atoms with E-state index < -0.39 is 0 Å². The van der Waals surface area contributed by atoms with Crippen molar-refractivity contribution in [3.05, 3.63) is 53.6 Å². The molecule has 0 saturated carbocycles. The number of carbonyl (C=O) groups is 1. The molecule has 6 heteroatoms. The molecule has 0 atom stereocenters. The van der Waals surface area contributed by atoms with Crippen LogP contribution in [0.15, 0.2) is 47.6 Å². The van der Waals surface area contributed by atoms with Gasteiger partial charge in [-0.3, -0.25) is 4.79 Å². The van der Waals surface area contributed by atoms with E-state index in [1.54, 1.807) is 25.3 Å². The van der Waals surface area contributed by atoms with Gasteiger partial charge in [-0.25, -0.2) is 5.01 Å². The van der Waals surface area contributed by atoms with Crippen molar-refractivity contribution in [2.75, 3.05) is 14.2 Å². The van der Waals surface area contributed by atoms with Crippen LogP contribution in [0.25, 0.3) is 0 Å². The number of nitrogens with zero attached hydrogens (tertiary/aromatic N) is 3. The maximum absolute atomic E-state index is 12.8.